The summed E-state index contributed by atoms with van der Waals surface area (Å²) in [5.74, 6) is 0. The summed E-state index contributed by atoms with van der Waals surface area (Å²) in [6.45, 7) is 0. The zero-order chi connectivity index (χ0) is 56.5. The van der Waals surface area contributed by atoms with Crippen molar-refractivity contribution in [3.05, 3.63) is 107 Å². The molecular weight excluding hydrogens is 1600 g/mol. The van der Waals surface area contributed by atoms with E-state index in [0.717, 1.165) is 0 Å². The molecule has 0 aromatic carbocycles. The van der Waals surface area contributed by atoms with Crippen molar-refractivity contribution in [3.8, 4) is 0 Å². The van der Waals surface area contributed by atoms with Crippen molar-refractivity contribution in [3.63, 3.8) is 0 Å². The fraction of sp³-hybridized carbons (Fsp3) is 0. The van der Waals surface area contributed by atoms with E-state index in [1.165, 1.54) is 0 Å². The molecule has 0 fully saturated rings. The first kappa shape index (κ1) is 171. The number of hydrogen-bond donors (Lipinski definition) is 0. The van der Waals surface area contributed by atoms with Crippen LogP contribution < -0.4 is 0 Å². The van der Waals surface area contributed by atoms with E-state index in [1.807, 2.05) is 0 Å². The van der Waals surface area contributed by atoms with Crippen LogP contribution in [0.15, 0.2) is 0 Å². The van der Waals surface area contributed by atoms with Crippen LogP contribution in [-0.4, -0.2) is 227 Å². The number of hydrogen-bond acceptors (Lipinski definition) is 49. The number of rotatable bonds is 0. The molecule has 0 aromatic rings. The Hall–Kier alpha value is -1.99. The van der Waals surface area contributed by atoms with Gasteiger partial charge in [-0.3, -0.25) is 58.9 Å². The molecule has 0 spiro atoms. The van der Waals surface area contributed by atoms with Gasteiger partial charge in [0.2, 0.25) is 0 Å². The standard InChI is InChI=1S/3Al.3Cu.7NO3.3Ni.7H2O4S.3H2O/c;;;;;;7*2-1(3)4;;;;7*1-5(2,3)4;;;/h;;;;;;;;;;;;;;;;7*(H2,1,2,3,4);3*1H2/q3*+3;3*+2;7*-1;3*+2;;;;;;;;;;/p-14. The van der Waals surface area contributed by atoms with Crippen LogP contribution in [0, 0.1) is 107 Å². The largest absolute Gasteiger partial charge is 3.00 e. The van der Waals surface area contributed by atoms with Crippen LogP contribution in [-0.2, 0) is 173 Å². The Kier molecular flexibility index (Phi) is 223. The van der Waals surface area contributed by atoms with Crippen molar-refractivity contribution in [2.24, 2.45) is 0 Å². The van der Waals surface area contributed by atoms with E-state index >= 15 is 0 Å². The molecule has 0 aliphatic heterocycles. The second-order valence-electron chi connectivity index (χ2n) is 4.42. The minimum atomic E-state index is -5.17. The molecule has 0 saturated heterocycles. The van der Waals surface area contributed by atoms with Gasteiger partial charge in [0, 0.05) is 72.8 Å². The summed E-state index contributed by atoms with van der Waals surface area (Å²) >= 11 is 0. The molecule has 0 aliphatic carbocycles. The third-order valence-electron chi connectivity index (χ3n) is 0. The van der Waals surface area contributed by atoms with Gasteiger partial charge in [-0.1, -0.05) is 0 Å². The molecule has 0 aromatic heterocycles. The monoisotopic (exact) mass is 1600 g/mol. The average Bonchev–Trinajstić information content (AvgIpc) is 2.67. The average molecular weight is 1610 g/mol. The molecule has 0 bridgehead atoms. The topological polar surface area (TPSA) is 1120 Å². The fourth-order valence-electron chi connectivity index (χ4n) is 0. The van der Waals surface area contributed by atoms with Gasteiger partial charge in [0.1, 0.15) is 0 Å². The molecule has 467 valence electrons. The maximum atomic E-state index is 8.52. The Morgan fingerprint density at radius 1 is 0.187 bits per heavy atom. The van der Waals surface area contributed by atoms with Gasteiger partial charge in [-0.05, 0) is 0 Å². The van der Waals surface area contributed by atoms with Crippen molar-refractivity contribution in [1.29, 1.82) is 0 Å². The van der Waals surface area contributed by atoms with E-state index in [9.17, 15) is 0 Å². The Morgan fingerprint density at radius 3 is 0.187 bits per heavy atom. The first-order valence-corrected chi connectivity index (χ1v) is 17.8. The van der Waals surface area contributed by atoms with Crippen molar-refractivity contribution in [2.45, 2.75) is 0 Å². The molecule has 0 amide bonds. The normalized spacial score (nSPS) is 7.65. The molecule has 6 N–H and O–H groups in total. The summed E-state index contributed by atoms with van der Waals surface area (Å²) in [5.41, 5.74) is 0. The van der Waals surface area contributed by atoms with Crippen LogP contribution in [0.3, 0.4) is 0 Å². The van der Waals surface area contributed by atoms with Gasteiger partial charge in [-0.2, -0.15) is 0 Å². The van der Waals surface area contributed by atoms with Crippen molar-refractivity contribution in [2.75, 3.05) is 0 Å². The van der Waals surface area contributed by atoms with Gasteiger partial charge >= 0.3 is 153 Å². The van der Waals surface area contributed by atoms with Gasteiger partial charge in [-0.25, -0.2) is 0 Å². The minimum Gasteiger partial charge on any atom is -0.759 e. The first-order chi connectivity index (χ1) is 26.1. The van der Waals surface area contributed by atoms with Crippen LogP contribution in [0.4, 0.5) is 0 Å². The third-order valence-corrected chi connectivity index (χ3v) is 0. The summed E-state index contributed by atoms with van der Waals surface area (Å²) in [6.07, 6.45) is 0. The van der Waals surface area contributed by atoms with Gasteiger partial charge < -0.3 is 187 Å². The van der Waals surface area contributed by atoms with Crippen molar-refractivity contribution >= 4 is 125 Å². The van der Waals surface area contributed by atoms with Crippen molar-refractivity contribution in [1.82, 2.24) is 0 Å². The zero-order valence-corrected chi connectivity index (χ0v) is 46.0. The van der Waals surface area contributed by atoms with Gasteiger partial charge in [-0.15, -0.1) is 0 Å². The van der Waals surface area contributed by atoms with Gasteiger partial charge in [0.15, 0.2) is 0 Å². The summed E-state index contributed by atoms with van der Waals surface area (Å²) in [6, 6.07) is 0. The molecule has 3 radical (unpaired) electrons. The molecule has 0 aliphatic rings. The van der Waals surface area contributed by atoms with Crippen LogP contribution >= 0.6 is 0 Å². The molecule has 0 saturated carbocycles. The molecule has 0 unspecified atom stereocenters. The number of nitrogens with zero attached hydrogens (tertiary/aromatic N) is 7. The SMILES string of the molecule is O.O.O.O=S(=O)([O-])[O-].O=S(=O)([O-])[O-].O=S(=O)([O-])[O-].O=S(=O)([O-])[O-].O=S(=O)([O-])[O-].O=S(=O)([O-])[O-].O=S(=O)([O-])[O-].O=[N+]([O-])[O-].O=[N+]([O-])[O-].O=[N+]([O-])[O-].O=[N+]([O-])[O-].O=[N+]([O-])[O-].O=[N+]([O-])[O-].O=[N+]([O-])[O-].[Al+3].[Al+3].[Al+3].[Cu+2].[Cu+2].[Cu+2].[Ni+2].[Ni+2].[Ni+2]. The second-order valence-corrected chi connectivity index (χ2v) is 10.1. The van der Waals surface area contributed by atoms with E-state index in [-0.39, 0.29) is 169 Å². The minimum absolute atomic E-state index is 0. The van der Waals surface area contributed by atoms with E-state index in [1.54, 1.807) is 0 Å². The van der Waals surface area contributed by atoms with Crippen LogP contribution in [0.25, 0.3) is 0 Å². The summed E-state index contributed by atoms with van der Waals surface area (Å²) in [5, 5.41) is 103. The zero-order valence-electron chi connectivity index (χ0n) is 31.1. The Bertz CT molecular complexity index is 1530. The summed E-state index contributed by atoms with van der Waals surface area (Å²) in [7, 11) is -36.2. The Labute approximate surface area is 503 Å². The van der Waals surface area contributed by atoms with E-state index in [2.05, 4.69) is 0 Å². The Balaban J connectivity index is -0.0000000142. The third kappa shape index (κ3) is 88800. The van der Waals surface area contributed by atoms with Crippen LogP contribution in [0.1, 0.15) is 0 Å². The smallest absolute Gasteiger partial charge is 0.759 e. The molecule has 0 atom stereocenters. The van der Waals surface area contributed by atoms with Crippen molar-refractivity contribution < 1.29 is 275 Å². The van der Waals surface area contributed by atoms with E-state index < -0.39 is 108 Å². The molecular formula is H6Al3Cu3N7Ni3O52S7. The summed E-state index contributed by atoms with van der Waals surface area (Å²) in [4.78, 5) is 57.8. The first-order valence-electron chi connectivity index (χ1n) is 8.50. The molecule has 59 nitrogen and oxygen atoms in total. The molecule has 0 rings (SSSR count). The predicted octanol–water partition coefficient (Wildman–Crippen LogP) is -14.7. The van der Waals surface area contributed by atoms with E-state index in [0.29, 0.717) is 0 Å². The van der Waals surface area contributed by atoms with Crippen LogP contribution in [0.5, 0.6) is 0 Å². The van der Waals surface area contributed by atoms with Gasteiger partial charge in [0.05, 0.1) is 35.6 Å². The molecule has 75 heteroatoms. The second kappa shape index (κ2) is 97.5. The fourth-order valence-corrected chi connectivity index (χ4v) is 0. The van der Waals surface area contributed by atoms with Gasteiger partial charge in [0.25, 0.3) is 0 Å². The Morgan fingerprint density at radius 2 is 0.187 bits per heavy atom. The predicted molar refractivity (Wildman–Crippen MR) is 174 cm³/mol. The van der Waals surface area contributed by atoms with Crippen LogP contribution in [0.2, 0.25) is 0 Å². The quantitative estimate of drug-likeness (QED) is 0.0714. The van der Waals surface area contributed by atoms with E-state index in [4.69, 9.17) is 230 Å². The molecule has 75 heavy (non-hydrogen) atoms. The summed E-state index contributed by atoms with van der Waals surface area (Å²) < 4.78 is 239. The maximum absolute atomic E-state index is 8.52. The maximum Gasteiger partial charge on any atom is 3.00 e. The molecule has 0 heterocycles.